The maximum atomic E-state index is 11.3. The molecule has 1 aliphatic heterocycles. The summed E-state index contributed by atoms with van der Waals surface area (Å²) in [6, 6.07) is 0. The van der Waals surface area contributed by atoms with Gasteiger partial charge in [-0.3, -0.25) is 4.79 Å². The van der Waals surface area contributed by atoms with Crippen LogP contribution in [0.25, 0.3) is 0 Å². The van der Waals surface area contributed by atoms with Crippen LogP contribution in [0.1, 0.15) is 40.0 Å². The third-order valence-electron chi connectivity index (χ3n) is 3.94. The van der Waals surface area contributed by atoms with Crippen molar-refractivity contribution in [2.45, 2.75) is 40.0 Å². The molecule has 0 unspecified atom stereocenters. The summed E-state index contributed by atoms with van der Waals surface area (Å²) >= 11 is 0. The molecule has 1 heterocycles. The Kier molecular flexibility index (Phi) is 4.14. The van der Waals surface area contributed by atoms with Gasteiger partial charge in [0.15, 0.2) is 0 Å². The fraction of sp³-hybridized carbons (Fsp3) is 0.917. The summed E-state index contributed by atoms with van der Waals surface area (Å²) in [5.41, 5.74) is -0.515. The monoisotopic (exact) mass is 213 g/mol. The number of hydrogen-bond donors (Lipinski definition) is 1. The molecule has 3 heteroatoms. The SMILES string of the molecule is CCC1CN(CC(CC)(CC)C(=O)O)C1. The van der Waals surface area contributed by atoms with Crippen LogP contribution in [0.3, 0.4) is 0 Å². The highest BCUT2D eigenvalue weighted by molar-refractivity contribution is 5.74. The Balaban J connectivity index is 2.50. The van der Waals surface area contributed by atoms with E-state index < -0.39 is 11.4 Å². The molecule has 0 atom stereocenters. The second kappa shape index (κ2) is 4.97. The quantitative estimate of drug-likeness (QED) is 0.735. The van der Waals surface area contributed by atoms with Gasteiger partial charge in [-0.15, -0.1) is 0 Å². The average Bonchev–Trinajstić information content (AvgIpc) is 2.17. The van der Waals surface area contributed by atoms with E-state index in [0.717, 1.165) is 38.4 Å². The number of aliphatic carboxylic acids is 1. The Morgan fingerprint density at radius 1 is 1.33 bits per heavy atom. The van der Waals surface area contributed by atoms with Crippen LogP contribution in [0.15, 0.2) is 0 Å². The normalized spacial score (nSPS) is 18.9. The van der Waals surface area contributed by atoms with E-state index in [1.807, 2.05) is 13.8 Å². The Bertz CT molecular complexity index is 218. The van der Waals surface area contributed by atoms with Gasteiger partial charge in [-0.1, -0.05) is 27.2 Å². The summed E-state index contributed by atoms with van der Waals surface area (Å²) in [6.45, 7) is 9.07. The molecule has 0 aromatic heterocycles. The van der Waals surface area contributed by atoms with Gasteiger partial charge in [-0.25, -0.2) is 0 Å². The highest BCUT2D eigenvalue weighted by Gasteiger charge is 2.39. The van der Waals surface area contributed by atoms with Crippen molar-refractivity contribution in [1.82, 2.24) is 4.90 Å². The third kappa shape index (κ3) is 2.51. The van der Waals surface area contributed by atoms with E-state index in [2.05, 4.69) is 11.8 Å². The summed E-state index contributed by atoms with van der Waals surface area (Å²) in [5, 5.41) is 9.29. The zero-order valence-corrected chi connectivity index (χ0v) is 10.1. The predicted octanol–water partition coefficient (Wildman–Crippen LogP) is 2.22. The molecule has 1 saturated heterocycles. The van der Waals surface area contributed by atoms with Crippen LogP contribution < -0.4 is 0 Å². The smallest absolute Gasteiger partial charge is 0.310 e. The van der Waals surface area contributed by atoms with Gasteiger partial charge in [0.05, 0.1) is 5.41 Å². The van der Waals surface area contributed by atoms with Crippen molar-refractivity contribution >= 4 is 5.97 Å². The zero-order valence-electron chi connectivity index (χ0n) is 10.1. The van der Waals surface area contributed by atoms with Crippen molar-refractivity contribution in [3.8, 4) is 0 Å². The van der Waals surface area contributed by atoms with E-state index in [9.17, 15) is 9.90 Å². The van der Waals surface area contributed by atoms with Crippen LogP contribution in [0, 0.1) is 11.3 Å². The molecule has 0 spiro atoms. The van der Waals surface area contributed by atoms with Gasteiger partial charge in [0.2, 0.25) is 0 Å². The minimum absolute atomic E-state index is 0.515. The molecule has 3 nitrogen and oxygen atoms in total. The minimum Gasteiger partial charge on any atom is -0.481 e. The van der Waals surface area contributed by atoms with Crippen LogP contribution in [0.2, 0.25) is 0 Å². The van der Waals surface area contributed by atoms with Crippen molar-refractivity contribution in [3.05, 3.63) is 0 Å². The highest BCUT2D eigenvalue weighted by atomic mass is 16.4. The van der Waals surface area contributed by atoms with Crippen LogP contribution in [-0.4, -0.2) is 35.6 Å². The molecule has 0 amide bonds. The number of likely N-dealkylation sites (tertiary alicyclic amines) is 1. The molecule has 0 aromatic carbocycles. The van der Waals surface area contributed by atoms with Crippen LogP contribution in [0.5, 0.6) is 0 Å². The first-order chi connectivity index (χ1) is 7.07. The Hall–Kier alpha value is -0.570. The second-order valence-electron chi connectivity index (χ2n) is 4.76. The van der Waals surface area contributed by atoms with E-state index >= 15 is 0 Å². The topological polar surface area (TPSA) is 40.5 Å². The fourth-order valence-corrected chi connectivity index (χ4v) is 2.34. The van der Waals surface area contributed by atoms with Gasteiger partial charge in [0.25, 0.3) is 0 Å². The molecule has 1 fully saturated rings. The number of rotatable bonds is 6. The van der Waals surface area contributed by atoms with E-state index in [0.29, 0.717) is 0 Å². The molecule has 0 aliphatic carbocycles. The van der Waals surface area contributed by atoms with Gasteiger partial charge in [0, 0.05) is 19.6 Å². The molecule has 1 N–H and O–H groups in total. The van der Waals surface area contributed by atoms with Crippen LogP contribution in [0.4, 0.5) is 0 Å². The summed E-state index contributed by atoms with van der Waals surface area (Å²) < 4.78 is 0. The predicted molar refractivity (Wildman–Crippen MR) is 60.9 cm³/mol. The van der Waals surface area contributed by atoms with E-state index in [4.69, 9.17) is 0 Å². The van der Waals surface area contributed by atoms with Crippen molar-refractivity contribution in [1.29, 1.82) is 0 Å². The summed E-state index contributed by atoms with van der Waals surface area (Å²) in [4.78, 5) is 13.6. The minimum atomic E-state index is -0.632. The molecule has 88 valence electrons. The van der Waals surface area contributed by atoms with E-state index in [-0.39, 0.29) is 0 Å². The maximum Gasteiger partial charge on any atom is 0.310 e. The number of carboxylic acid groups (broad SMARTS) is 1. The van der Waals surface area contributed by atoms with Gasteiger partial charge >= 0.3 is 5.97 Å². The van der Waals surface area contributed by atoms with Crippen molar-refractivity contribution in [3.63, 3.8) is 0 Å². The lowest BCUT2D eigenvalue weighted by atomic mass is 9.80. The number of hydrogen-bond acceptors (Lipinski definition) is 2. The standard InChI is InChI=1S/C12H23NO2/c1-4-10-7-13(8-10)9-12(5-2,6-3)11(14)15/h10H,4-9H2,1-3H3,(H,14,15). The number of carboxylic acids is 1. The molecule has 0 bridgehead atoms. The number of nitrogens with zero attached hydrogens (tertiary/aromatic N) is 1. The highest BCUT2D eigenvalue weighted by Crippen LogP contribution is 2.31. The number of carbonyl (C=O) groups is 1. The van der Waals surface area contributed by atoms with Crippen LogP contribution >= 0.6 is 0 Å². The second-order valence-corrected chi connectivity index (χ2v) is 4.76. The summed E-state index contributed by atoms with van der Waals surface area (Å²) in [7, 11) is 0. The zero-order chi connectivity index (χ0) is 11.5. The first kappa shape index (κ1) is 12.5. The largest absolute Gasteiger partial charge is 0.481 e. The van der Waals surface area contributed by atoms with Crippen molar-refractivity contribution in [2.75, 3.05) is 19.6 Å². The Morgan fingerprint density at radius 3 is 2.20 bits per heavy atom. The van der Waals surface area contributed by atoms with Gasteiger partial charge < -0.3 is 10.0 Å². The first-order valence-electron chi connectivity index (χ1n) is 6.03. The molecule has 0 radical (unpaired) electrons. The van der Waals surface area contributed by atoms with Crippen LogP contribution in [-0.2, 0) is 4.79 Å². The molecule has 15 heavy (non-hydrogen) atoms. The van der Waals surface area contributed by atoms with Crippen molar-refractivity contribution < 1.29 is 9.90 Å². The first-order valence-corrected chi connectivity index (χ1v) is 6.03. The summed E-state index contributed by atoms with van der Waals surface area (Å²) in [5.74, 6) is 0.164. The molecular formula is C12H23NO2. The average molecular weight is 213 g/mol. The molecule has 0 aromatic rings. The van der Waals surface area contributed by atoms with Crippen molar-refractivity contribution in [2.24, 2.45) is 11.3 Å². The van der Waals surface area contributed by atoms with Gasteiger partial charge in [-0.2, -0.15) is 0 Å². The summed E-state index contributed by atoms with van der Waals surface area (Å²) in [6.07, 6.45) is 2.67. The van der Waals surface area contributed by atoms with E-state index in [1.165, 1.54) is 6.42 Å². The lowest BCUT2D eigenvalue weighted by Crippen LogP contribution is -2.52. The van der Waals surface area contributed by atoms with E-state index in [1.54, 1.807) is 0 Å². The molecule has 0 saturated carbocycles. The Labute approximate surface area is 92.5 Å². The maximum absolute atomic E-state index is 11.3. The molecule has 1 rings (SSSR count). The Morgan fingerprint density at radius 2 is 1.87 bits per heavy atom. The fourth-order valence-electron chi connectivity index (χ4n) is 2.34. The lowest BCUT2D eigenvalue weighted by molar-refractivity contribution is -0.152. The third-order valence-corrected chi connectivity index (χ3v) is 3.94. The molecular weight excluding hydrogens is 190 g/mol. The lowest BCUT2D eigenvalue weighted by Gasteiger charge is -2.43. The van der Waals surface area contributed by atoms with Gasteiger partial charge in [0.1, 0.15) is 0 Å². The molecule has 1 aliphatic rings. The van der Waals surface area contributed by atoms with Gasteiger partial charge in [-0.05, 0) is 18.8 Å².